The van der Waals surface area contributed by atoms with Gasteiger partial charge in [-0.1, -0.05) is 54.6 Å². The molecule has 4 aromatic carbocycles. The van der Waals surface area contributed by atoms with Gasteiger partial charge in [0.2, 0.25) is 5.91 Å². The number of hydrogen-bond acceptors (Lipinski definition) is 6. The number of nitrogens with one attached hydrogen (secondary N) is 2. The number of nitrogens with zero attached hydrogens (tertiary/aromatic N) is 1. The summed E-state index contributed by atoms with van der Waals surface area (Å²) < 4.78 is 27.7. The molecule has 0 aliphatic heterocycles. The number of nitro benzene ring substituents is 1. The molecule has 0 aliphatic rings. The normalized spacial score (nSPS) is 11.9. The Morgan fingerprint density at radius 1 is 0.892 bits per heavy atom. The Labute approximate surface area is 218 Å². The first-order chi connectivity index (χ1) is 17.7. The molecule has 1 atom stereocenters. The number of benzene rings is 4. The number of carbonyl (C=O) groups excluding carboxylic acids is 1. The molecule has 188 valence electrons. The van der Waals surface area contributed by atoms with Gasteiger partial charge >= 0.3 is 0 Å². The third-order valence-electron chi connectivity index (χ3n) is 5.44. The molecule has 10 heteroatoms. The van der Waals surface area contributed by atoms with E-state index >= 15 is 0 Å². The Balaban J connectivity index is 1.55. The molecule has 0 saturated heterocycles. The maximum Gasteiger partial charge on any atom is 0.271 e. The van der Waals surface area contributed by atoms with Crippen molar-refractivity contribution in [2.75, 3.05) is 10.0 Å². The first kappa shape index (κ1) is 25.9. The van der Waals surface area contributed by atoms with Crippen molar-refractivity contribution in [2.45, 2.75) is 22.0 Å². The smallest absolute Gasteiger partial charge is 0.271 e. The predicted octanol–water partition coefficient (Wildman–Crippen LogP) is 6.18. The van der Waals surface area contributed by atoms with Crippen molar-refractivity contribution < 1.29 is 18.1 Å². The van der Waals surface area contributed by atoms with Crippen LogP contribution in [0.4, 0.5) is 17.1 Å². The second-order valence-electron chi connectivity index (χ2n) is 8.10. The monoisotopic (exact) mass is 533 g/mol. The first-order valence-electron chi connectivity index (χ1n) is 11.2. The minimum Gasteiger partial charge on any atom is -0.324 e. The maximum absolute atomic E-state index is 13.4. The van der Waals surface area contributed by atoms with E-state index in [0.717, 1.165) is 10.5 Å². The summed E-state index contributed by atoms with van der Waals surface area (Å²) in [6.07, 6.45) is 0. The molecule has 0 aromatic heterocycles. The van der Waals surface area contributed by atoms with Crippen LogP contribution in [0.15, 0.2) is 113 Å². The predicted molar refractivity (Wildman–Crippen MR) is 145 cm³/mol. The van der Waals surface area contributed by atoms with Crippen LogP contribution in [0.1, 0.15) is 16.4 Å². The molecule has 0 aliphatic carbocycles. The van der Waals surface area contributed by atoms with Gasteiger partial charge in [-0.3, -0.25) is 19.6 Å². The number of nitro groups is 1. The van der Waals surface area contributed by atoms with E-state index in [2.05, 4.69) is 10.0 Å². The lowest BCUT2D eigenvalue weighted by molar-refractivity contribution is -0.384. The highest BCUT2D eigenvalue weighted by molar-refractivity contribution is 8.00. The molecule has 4 aromatic rings. The van der Waals surface area contributed by atoms with Gasteiger partial charge in [-0.05, 0) is 54.4 Å². The van der Waals surface area contributed by atoms with Crippen LogP contribution < -0.4 is 10.0 Å². The van der Waals surface area contributed by atoms with Crippen molar-refractivity contribution in [3.8, 4) is 0 Å². The Morgan fingerprint density at radius 3 is 2.14 bits per heavy atom. The first-order valence-corrected chi connectivity index (χ1v) is 13.5. The summed E-state index contributed by atoms with van der Waals surface area (Å²) in [7, 11) is -3.72. The van der Waals surface area contributed by atoms with Gasteiger partial charge < -0.3 is 5.32 Å². The molecule has 1 amide bonds. The van der Waals surface area contributed by atoms with Gasteiger partial charge in [0.15, 0.2) is 0 Å². The molecule has 0 radical (unpaired) electrons. The maximum atomic E-state index is 13.4. The van der Waals surface area contributed by atoms with Crippen LogP contribution in [0, 0.1) is 17.0 Å². The summed E-state index contributed by atoms with van der Waals surface area (Å²) in [5, 5.41) is 13.4. The van der Waals surface area contributed by atoms with Crippen LogP contribution in [0.2, 0.25) is 0 Å². The van der Waals surface area contributed by atoms with E-state index in [1.54, 1.807) is 55.5 Å². The molecule has 8 nitrogen and oxygen atoms in total. The standard InChI is InChI=1S/C27H23N3O5S2/c1-19-12-15-22(30(32)33)18-25(19)28-27(31)26(20-8-4-2-5-9-20)36-23-16-13-21(14-17-23)29-37(34,35)24-10-6-3-7-11-24/h2-18,26,29H,1H3,(H,28,31). The Hall–Kier alpha value is -4.15. The molecule has 0 heterocycles. The van der Waals surface area contributed by atoms with Gasteiger partial charge in [0, 0.05) is 22.7 Å². The number of rotatable bonds is 9. The number of aryl methyl sites for hydroxylation is 1. The molecule has 0 fully saturated rings. The summed E-state index contributed by atoms with van der Waals surface area (Å²) >= 11 is 1.29. The third kappa shape index (κ3) is 6.54. The van der Waals surface area contributed by atoms with Crippen LogP contribution >= 0.6 is 11.8 Å². The highest BCUT2D eigenvalue weighted by Gasteiger charge is 2.23. The highest BCUT2D eigenvalue weighted by atomic mass is 32.2. The molecule has 37 heavy (non-hydrogen) atoms. The fourth-order valence-corrected chi connectivity index (χ4v) is 5.61. The van der Waals surface area contributed by atoms with Crippen molar-refractivity contribution in [3.05, 3.63) is 124 Å². The van der Waals surface area contributed by atoms with E-state index in [4.69, 9.17) is 0 Å². The summed E-state index contributed by atoms with van der Waals surface area (Å²) in [6.45, 7) is 1.76. The van der Waals surface area contributed by atoms with Crippen molar-refractivity contribution in [3.63, 3.8) is 0 Å². The Morgan fingerprint density at radius 2 is 1.51 bits per heavy atom. The van der Waals surface area contributed by atoms with Crippen molar-refractivity contribution >= 4 is 44.8 Å². The molecule has 2 N–H and O–H groups in total. The Bertz CT molecular complexity index is 1510. The number of amides is 1. The van der Waals surface area contributed by atoms with E-state index in [1.165, 1.54) is 36.0 Å². The van der Waals surface area contributed by atoms with E-state index in [0.29, 0.717) is 16.9 Å². The molecular weight excluding hydrogens is 510 g/mol. The Kier molecular flexibility index (Phi) is 7.90. The number of sulfonamides is 1. The highest BCUT2D eigenvalue weighted by Crippen LogP contribution is 2.37. The van der Waals surface area contributed by atoms with Crippen molar-refractivity contribution in [2.24, 2.45) is 0 Å². The quantitative estimate of drug-likeness (QED) is 0.151. The van der Waals surface area contributed by atoms with Gasteiger partial charge in [-0.2, -0.15) is 0 Å². The molecule has 0 spiro atoms. The fourth-order valence-electron chi connectivity index (χ4n) is 3.51. The topological polar surface area (TPSA) is 118 Å². The number of anilines is 2. The van der Waals surface area contributed by atoms with Gasteiger partial charge in [-0.15, -0.1) is 11.8 Å². The minimum atomic E-state index is -3.72. The molecule has 4 rings (SSSR count). The van der Waals surface area contributed by atoms with Crippen molar-refractivity contribution in [1.29, 1.82) is 0 Å². The largest absolute Gasteiger partial charge is 0.324 e. The summed E-state index contributed by atoms with van der Waals surface area (Å²) in [6, 6.07) is 28.3. The van der Waals surface area contributed by atoms with Crippen LogP contribution in [-0.4, -0.2) is 19.2 Å². The molecule has 0 saturated carbocycles. The van der Waals surface area contributed by atoms with Gasteiger partial charge in [0.25, 0.3) is 15.7 Å². The number of thioether (sulfide) groups is 1. The minimum absolute atomic E-state index is 0.113. The third-order valence-corrected chi connectivity index (χ3v) is 8.11. The summed E-state index contributed by atoms with van der Waals surface area (Å²) in [4.78, 5) is 24.9. The zero-order valence-corrected chi connectivity index (χ0v) is 21.3. The number of carbonyl (C=O) groups is 1. The van der Waals surface area contributed by atoms with Crippen LogP contribution in [0.25, 0.3) is 0 Å². The summed E-state index contributed by atoms with van der Waals surface area (Å²) in [5.74, 6) is -0.339. The summed E-state index contributed by atoms with van der Waals surface area (Å²) in [5.41, 5.74) is 2.10. The van der Waals surface area contributed by atoms with Crippen LogP contribution in [-0.2, 0) is 14.8 Å². The van der Waals surface area contributed by atoms with E-state index in [1.807, 2.05) is 30.3 Å². The van der Waals surface area contributed by atoms with Crippen LogP contribution in [0.5, 0.6) is 0 Å². The van der Waals surface area contributed by atoms with Crippen molar-refractivity contribution in [1.82, 2.24) is 0 Å². The lowest BCUT2D eigenvalue weighted by atomic mass is 10.1. The number of non-ortho nitro benzene ring substituents is 1. The van der Waals surface area contributed by atoms with Gasteiger partial charge in [0.05, 0.1) is 15.5 Å². The second kappa shape index (κ2) is 11.3. The zero-order valence-electron chi connectivity index (χ0n) is 19.7. The molecular formula is C27H23N3O5S2. The zero-order chi connectivity index (χ0) is 26.4. The lowest BCUT2D eigenvalue weighted by Crippen LogP contribution is -2.19. The molecule has 1 unspecified atom stereocenters. The van der Waals surface area contributed by atoms with E-state index in [-0.39, 0.29) is 16.5 Å². The van der Waals surface area contributed by atoms with E-state index < -0.39 is 20.2 Å². The lowest BCUT2D eigenvalue weighted by Gasteiger charge is -2.18. The SMILES string of the molecule is Cc1ccc([N+](=O)[O-])cc1NC(=O)C(Sc1ccc(NS(=O)(=O)c2ccccc2)cc1)c1ccccc1. The van der Waals surface area contributed by atoms with Gasteiger partial charge in [0.1, 0.15) is 5.25 Å². The second-order valence-corrected chi connectivity index (χ2v) is 11.0. The fraction of sp³-hybridized carbons (Fsp3) is 0.0741. The van der Waals surface area contributed by atoms with E-state index in [9.17, 15) is 23.3 Å². The molecule has 0 bridgehead atoms. The number of hydrogen-bond donors (Lipinski definition) is 2. The van der Waals surface area contributed by atoms with Crippen LogP contribution in [0.3, 0.4) is 0 Å². The average molecular weight is 534 g/mol. The van der Waals surface area contributed by atoms with Gasteiger partial charge in [-0.25, -0.2) is 8.42 Å². The average Bonchev–Trinajstić information content (AvgIpc) is 2.90.